The number of imidazole rings is 1. The van der Waals surface area contributed by atoms with Crippen molar-refractivity contribution in [1.29, 1.82) is 0 Å². The number of aromatic nitrogens is 2. The van der Waals surface area contributed by atoms with Crippen molar-refractivity contribution >= 4 is 45.0 Å². The van der Waals surface area contributed by atoms with Crippen molar-refractivity contribution in [3.63, 3.8) is 0 Å². The number of fused-ring (bicyclic) bond motifs is 3. The van der Waals surface area contributed by atoms with E-state index in [2.05, 4.69) is 10.3 Å². The molecule has 0 saturated carbocycles. The molecule has 0 radical (unpaired) electrons. The van der Waals surface area contributed by atoms with Gasteiger partial charge in [-0.15, -0.1) is 0 Å². The Morgan fingerprint density at radius 1 is 1.06 bits per heavy atom. The van der Waals surface area contributed by atoms with Crippen molar-refractivity contribution in [3.05, 3.63) is 98.3 Å². The summed E-state index contributed by atoms with van der Waals surface area (Å²) in [5.74, 6) is 0.350. The summed E-state index contributed by atoms with van der Waals surface area (Å²) in [6.07, 6.45) is 1.85. The molecule has 7 heteroatoms. The number of para-hydroxylation sites is 1. The SMILES string of the molecule is Cc1cc2nc3s/c(=C\c4ccc(OCC(=O)Nc5ccccc5)cc4)c(=O)n3c2cc1C. The molecular weight excluding hydrogens is 434 g/mol. The predicted octanol–water partition coefficient (Wildman–Crippen LogP) is 4.09. The maximum atomic E-state index is 13.0. The fourth-order valence-electron chi connectivity index (χ4n) is 3.60. The van der Waals surface area contributed by atoms with E-state index in [1.807, 2.05) is 74.5 Å². The number of nitrogens with one attached hydrogen (secondary N) is 1. The summed E-state index contributed by atoms with van der Waals surface area (Å²) in [5, 5.41) is 2.78. The lowest BCUT2D eigenvalue weighted by atomic mass is 10.1. The fraction of sp³-hybridized carbons (Fsp3) is 0.115. The van der Waals surface area contributed by atoms with Gasteiger partial charge in [-0.1, -0.05) is 41.7 Å². The normalized spacial score (nSPS) is 11.9. The van der Waals surface area contributed by atoms with E-state index in [9.17, 15) is 9.59 Å². The second-order valence-electron chi connectivity index (χ2n) is 7.84. The van der Waals surface area contributed by atoms with Crippen molar-refractivity contribution in [1.82, 2.24) is 9.38 Å². The van der Waals surface area contributed by atoms with E-state index in [1.165, 1.54) is 11.3 Å². The van der Waals surface area contributed by atoms with Gasteiger partial charge >= 0.3 is 0 Å². The Labute approximate surface area is 193 Å². The van der Waals surface area contributed by atoms with E-state index in [1.54, 1.807) is 16.5 Å². The highest BCUT2D eigenvalue weighted by molar-refractivity contribution is 7.15. The van der Waals surface area contributed by atoms with E-state index >= 15 is 0 Å². The van der Waals surface area contributed by atoms with Crippen molar-refractivity contribution in [2.24, 2.45) is 0 Å². The Morgan fingerprint density at radius 2 is 1.79 bits per heavy atom. The highest BCUT2D eigenvalue weighted by Gasteiger charge is 2.12. The number of aryl methyl sites for hydroxylation is 2. The highest BCUT2D eigenvalue weighted by Crippen LogP contribution is 2.21. The number of rotatable bonds is 5. The monoisotopic (exact) mass is 455 g/mol. The first kappa shape index (κ1) is 20.9. The third-order valence-corrected chi connectivity index (χ3v) is 6.43. The zero-order valence-electron chi connectivity index (χ0n) is 18.2. The minimum Gasteiger partial charge on any atom is -0.484 e. The standard InChI is InChI=1S/C26H21N3O3S/c1-16-12-21-22(13-17(16)2)29-25(31)23(33-26(29)28-21)14-18-8-10-20(11-9-18)32-15-24(30)27-19-6-4-3-5-7-19/h3-14H,15H2,1-2H3,(H,27,30)/b23-14-. The molecule has 3 aromatic carbocycles. The van der Waals surface area contributed by atoms with Crippen LogP contribution in [0.3, 0.4) is 0 Å². The minimum absolute atomic E-state index is 0.0707. The molecule has 0 unspecified atom stereocenters. The molecule has 0 aliphatic carbocycles. The van der Waals surface area contributed by atoms with Gasteiger partial charge in [-0.25, -0.2) is 9.38 Å². The third-order valence-electron chi connectivity index (χ3n) is 5.46. The lowest BCUT2D eigenvalue weighted by Gasteiger charge is -2.07. The number of thiazole rings is 1. The zero-order valence-corrected chi connectivity index (χ0v) is 19.0. The smallest absolute Gasteiger partial charge is 0.274 e. The molecule has 0 atom stereocenters. The molecule has 0 bridgehead atoms. The summed E-state index contributed by atoms with van der Waals surface area (Å²) in [5.41, 5.74) is 5.50. The molecule has 6 nitrogen and oxygen atoms in total. The van der Waals surface area contributed by atoms with E-state index in [4.69, 9.17) is 4.74 Å². The molecule has 1 amide bonds. The molecule has 5 rings (SSSR count). The molecule has 33 heavy (non-hydrogen) atoms. The molecule has 0 aliphatic rings. The van der Waals surface area contributed by atoms with Crippen LogP contribution >= 0.6 is 11.3 Å². The minimum atomic E-state index is -0.229. The van der Waals surface area contributed by atoms with Gasteiger partial charge in [-0.2, -0.15) is 0 Å². The number of hydrogen-bond donors (Lipinski definition) is 1. The maximum Gasteiger partial charge on any atom is 0.274 e. The van der Waals surface area contributed by atoms with Gasteiger partial charge in [0.25, 0.3) is 11.5 Å². The number of carbonyl (C=O) groups excluding carboxylic acids is 1. The van der Waals surface area contributed by atoms with Crippen LogP contribution in [0.25, 0.3) is 22.1 Å². The number of nitrogens with zero attached hydrogens (tertiary/aromatic N) is 2. The summed E-state index contributed by atoms with van der Waals surface area (Å²) in [6, 6.07) is 20.6. The number of amides is 1. The van der Waals surface area contributed by atoms with Gasteiger partial charge in [0.05, 0.1) is 15.6 Å². The number of anilines is 1. The van der Waals surface area contributed by atoms with Crippen LogP contribution in [0, 0.1) is 13.8 Å². The van der Waals surface area contributed by atoms with E-state index in [-0.39, 0.29) is 18.1 Å². The van der Waals surface area contributed by atoms with Gasteiger partial charge in [0.15, 0.2) is 11.6 Å². The number of ether oxygens (including phenoxy) is 1. The number of carbonyl (C=O) groups is 1. The van der Waals surface area contributed by atoms with Crippen molar-refractivity contribution < 1.29 is 9.53 Å². The maximum absolute atomic E-state index is 13.0. The van der Waals surface area contributed by atoms with E-state index in [0.717, 1.165) is 33.4 Å². The Bertz CT molecular complexity index is 1590. The number of hydrogen-bond acceptors (Lipinski definition) is 5. The first-order valence-electron chi connectivity index (χ1n) is 10.5. The molecule has 0 aliphatic heterocycles. The molecule has 2 aromatic heterocycles. The zero-order chi connectivity index (χ0) is 22.9. The van der Waals surface area contributed by atoms with Crippen molar-refractivity contribution in [2.45, 2.75) is 13.8 Å². The van der Waals surface area contributed by atoms with E-state index in [0.29, 0.717) is 15.2 Å². The molecule has 0 fully saturated rings. The van der Waals surface area contributed by atoms with Crippen LogP contribution in [0.15, 0.2) is 71.5 Å². The first-order chi connectivity index (χ1) is 16.0. The van der Waals surface area contributed by atoms with Crippen LogP contribution in [-0.2, 0) is 4.79 Å². The molecule has 2 heterocycles. The first-order valence-corrected chi connectivity index (χ1v) is 11.3. The topological polar surface area (TPSA) is 72.7 Å². The molecule has 5 aromatic rings. The van der Waals surface area contributed by atoms with Crippen LogP contribution in [-0.4, -0.2) is 21.9 Å². The summed E-state index contributed by atoms with van der Waals surface area (Å²) in [7, 11) is 0. The van der Waals surface area contributed by atoms with Gasteiger partial charge in [0.2, 0.25) is 0 Å². The van der Waals surface area contributed by atoms with Gasteiger partial charge < -0.3 is 10.1 Å². The Hall–Kier alpha value is -3.97. The second kappa shape index (κ2) is 8.52. The van der Waals surface area contributed by atoms with Crippen LogP contribution in [0.4, 0.5) is 5.69 Å². The second-order valence-corrected chi connectivity index (χ2v) is 8.85. The largest absolute Gasteiger partial charge is 0.484 e. The van der Waals surface area contributed by atoms with Gasteiger partial charge in [-0.05, 0) is 73.0 Å². The summed E-state index contributed by atoms with van der Waals surface area (Å²) >= 11 is 1.38. The lowest BCUT2D eigenvalue weighted by molar-refractivity contribution is -0.118. The Kier molecular flexibility index (Phi) is 5.40. The van der Waals surface area contributed by atoms with Crippen LogP contribution in [0.5, 0.6) is 5.75 Å². The predicted molar refractivity (Wildman–Crippen MR) is 132 cm³/mol. The van der Waals surface area contributed by atoms with Crippen LogP contribution in [0.2, 0.25) is 0 Å². The Balaban J connectivity index is 1.33. The van der Waals surface area contributed by atoms with Crippen LogP contribution < -0.4 is 20.1 Å². The summed E-state index contributed by atoms with van der Waals surface area (Å²) < 4.78 is 7.88. The van der Waals surface area contributed by atoms with Gasteiger partial charge in [0, 0.05) is 5.69 Å². The molecule has 1 N–H and O–H groups in total. The molecule has 0 saturated heterocycles. The van der Waals surface area contributed by atoms with Gasteiger partial charge in [0.1, 0.15) is 5.75 Å². The summed E-state index contributed by atoms with van der Waals surface area (Å²) in [6.45, 7) is 3.99. The molecule has 164 valence electrons. The average molecular weight is 456 g/mol. The van der Waals surface area contributed by atoms with Crippen molar-refractivity contribution in [3.8, 4) is 5.75 Å². The van der Waals surface area contributed by atoms with Gasteiger partial charge in [-0.3, -0.25) is 9.59 Å². The van der Waals surface area contributed by atoms with E-state index < -0.39 is 0 Å². The quantitative estimate of drug-likeness (QED) is 0.433. The molecule has 0 spiro atoms. The highest BCUT2D eigenvalue weighted by atomic mass is 32.1. The number of benzene rings is 3. The van der Waals surface area contributed by atoms with Crippen LogP contribution in [0.1, 0.15) is 16.7 Å². The third kappa shape index (κ3) is 4.23. The fourth-order valence-corrected chi connectivity index (χ4v) is 4.58. The lowest BCUT2D eigenvalue weighted by Crippen LogP contribution is -2.22. The summed E-state index contributed by atoms with van der Waals surface area (Å²) in [4.78, 5) is 30.4. The molecular formula is C26H21N3O3S. The Morgan fingerprint density at radius 3 is 2.55 bits per heavy atom. The average Bonchev–Trinajstić information content (AvgIpc) is 3.30. The van der Waals surface area contributed by atoms with Crippen molar-refractivity contribution in [2.75, 3.05) is 11.9 Å².